The lowest BCUT2D eigenvalue weighted by atomic mass is 10.0. The first-order chi connectivity index (χ1) is 18.8. The molecule has 0 radical (unpaired) electrons. The largest absolute Gasteiger partial charge is 0.493 e. The standard InChI is InChI=1S/C25H34FN3O2/c1-19(2)18-31-24-10-6-20(7-11-24)16-27-25(30)29(23-12-14-28(3)15-13-23)17-21-4-8-22(26)9-5-21/h4-11,19,23H,12-18H2,1-3H3,(H,27,30)/i4D,5D,8D,9D,14D2,15D2,16D2. The van der Waals surface area contributed by atoms with E-state index in [-0.39, 0.29) is 17.0 Å². The Morgan fingerprint density at radius 3 is 2.52 bits per heavy atom. The van der Waals surface area contributed by atoms with E-state index >= 15 is 0 Å². The number of nitrogens with one attached hydrogen (secondary N) is 1. The molecule has 3 rings (SSSR count). The van der Waals surface area contributed by atoms with Crippen molar-refractivity contribution in [1.82, 2.24) is 15.1 Å². The van der Waals surface area contributed by atoms with Crippen molar-refractivity contribution < 1.29 is 27.6 Å². The summed E-state index contributed by atoms with van der Waals surface area (Å²) in [5.41, 5.74) is -0.313. The molecule has 0 unspecified atom stereocenters. The molecule has 168 valence electrons. The zero-order valence-corrected chi connectivity index (χ0v) is 17.9. The molecule has 5 nitrogen and oxygen atoms in total. The molecule has 0 atom stereocenters. The van der Waals surface area contributed by atoms with E-state index in [1.165, 1.54) is 19.2 Å². The van der Waals surface area contributed by atoms with Crippen molar-refractivity contribution in [2.75, 3.05) is 26.6 Å². The number of nitrogens with zero attached hydrogens (tertiary/aromatic N) is 2. The van der Waals surface area contributed by atoms with Gasteiger partial charge in [0.25, 0.3) is 0 Å². The van der Waals surface area contributed by atoms with Crippen molar-refractivity contribution in [3.63, 3.8) is 0 Å². The van der Waals surface area contributed by atoms with Crippen molar-refractivity contribution in [1.29, 1.82) is 0 Å². The SMILES string of the molecule is [2H]c1c([2H])c(CN(C(=O)NC([2H])([2H])c2ccc(OCC(C)C)cc2)C2CC([2H])([2H])N(C)C([2H])([2H])C2)c([2H])c([2H])c1F. The number of amides is 2. The van der Waals surface area contributed by atoms with Gasteiger partial charge in [-0.1, -0.05) is 38.1 Å². The van der Waals surface area contributed by atoms with Gasteiger partial charge in [0, 0.05) is 24.6 Å². The molecule has 0 saturated carbocycles. The highest BCUT2D eigenvalue weighted by Gasteiger charge is 2.27. The molecule has 1 aliphatic rings. The topological polar surface area (TPSA) is 44.8 Å². The van der Waals surface area contributed by atoms with E-state index in [0.29, 0.717) is 12.4 Å². The normalized spacial score (nSPS) is 23.5. The van der Waals surface area contributed by atoms with E-state index in [2.05, 4.69) is 5.32 Å². The van der Waals surface area contributed by atoms with Crippen LogP contribution in [0.2, 0.25) is 0 Å². The van der Waals surface area contributed by atoms with Gasteiger partial charge in [-0.25, -0.2) is 9.18 Å². The number of halogens is 1. The third-order valence-electron chi connectivity index (χ3n) is 4.56. The summed E-state index contributed by atoms with van der Waals surface area (Å²) in [4.78, 5) is 15.4. The molecule has 0 spiro atoms. The second-order valence-corrected chi connectivity index (χ2v) is 7.64. The van der Waals surface area contributed by atoms with Crippen LogP contribution >= 0.6 is 0 Å². The third-order valence-corrected chi connectivity index (χ3v) is 4.56. The first-order valence-electron chi connectivity index (χ1n) is 15.1. The lowest BCUT2D eigenvalue weighted by Crippen LogP contribution is -2.49. The minimum Gasteiger partial charge on any atom is -0.493 e. The summed E-state index contributed by atoms with van der Waals surface area (Å²) in [6.07, 6.45) is -0.796. The number of piperidine rings is 1. The van der Waals surface area contributed by atoms with E-state index in [1.807, 2.05) is 13.8 Å². The van der Waals surface area contributed by atoms with Crippen LogP contribution in [0.1, 0.15) is 51.5 Å². The Bertz CT molecular complexity index is 1230. The predicted octanol–water partition coefficient (Wildman–Crippen LogP) is 4.67. The number of ether oxygens (including phenoxy) is 1. The predicted molar refractivity (Wildman–Crippen MR) is 121 cm³/mol. The summed E-state index contributed by atoms with van der Waals surface area (Å²) >= 11 is 0. The molecule has 1 heterocycles. The van der Waals surface area contributed by atoms with E-state index in [0.717, 1.165) is 9.80 Å². The van der Waals surface area contributed by atoms with Gasteiger partial charge in [-0.2, -0.15) is 0 Å². The fourth-order valence-corrected chi connectivity index (χ4v) is 2.87. The number of hydrogen-bond donors (Lipinski definition) is 1. The molecule has 0 bridgehead atoms. The van der Waals surface area contributed by atoms with Gasteiger partial charge >= 0.3 is 6.03 Å². The molecule has 2 aromatic rings. The van der Waals surface area contributed by atoms with Gasteiger partial charge in [-0.15, -0.1) is 0 Å². The minimum absolute atomic E-state index is 0.0581. The Kier molecular flexibility index (Phi) is 4.70. The number of hydrogen-bond acceptors (Lipinski definition) is 3. The fourth-order valence-electron chi connectivity index (χ4n) is 2.87. The number of likely N-dealkylation sites (tertiary alicyclic amines) is 1. The third kappa shape index (κ3) is 7.24. The van der Waals surface area contributed by atoms with Crippen molar-refractivity contribution >= 4 is 6.03 Å². The molecule has 6 heteroatoms. The molecule has 0 aliphatic carbocycles. The van der Waals surface area contributed by atoms with Gasteiger partial charge in [0.05, 0.1) is 14.8 Å². The van der Waals surface area contributed by atoms with Crippen molar-refractivity contribution in [3.05, 3.63) is 65.4 Å². The van der Waals surface area contributed by atoms with Crippen LogP contribution in [-0.2, 0) is 13.0 Å². The van der Waals surface area contributed by atoms with E-state index in [4.69, 9.17) is 18.4 Å². The van der Waals surface area contributed by atoms with Crippen LogP contribution in [0, 0.1) is 11.7 Å². The average molecular weight is 438 g/mol. The van der Waals surface area contributed by atoms with E-state index in [9.17, 15) is 9.18 Å². The maximum Gasteiger partial charge on any atom is 0.318 e. The lowest BCUT2D eigenvalue weighted by molar-refractivity contribution is 0.127. The first-order valence-corrected chi connectivity index (χ1v) is 10.1. The Morgan fingerprint density at radius 2 is 1.90 bits per heavy atom. The Morgan fingerprint density at radius 1 is 1.26 bits per heavy atom. The molecule has 2 aromatic carbocycles. The van der Waals surface area contributed by atoms with Crippen LogP contribution in [0.3, 0.4) is 0 Å². The number of urea groups is 1. The lowest BCUT2D eigenvalue weighted by Gasteiger charge is -2.37. The van der Waals surface area contributed by atoms with Gasteiger partial charge < -0.3 is 19.9 Å². The zero-order chi connectivity index (χ0) is 31.1. The van der Waals surface area contributed by atoms with Crippen molar-refractivity contribution in [2.24, 2.45) is 5.92 Å². The number of carbonyl (C=O) groups excluding carboxylic acids is 1. The number of rotatable bonds is 8. The van der Waals surface area contributed by atoms with E-state index in [1.54, 1.807) is 12.1 Å². The highest BCUT2D eigenvalue weighted by molar-refractivity contribution is 5.74. The maximum absolute atomic E-state index is 14.2. The summed E-state index contributed by atoms with van der Waals surface area (Å²) in [5.74, 6) is -0.597. The molecular weight excluding hydrogens is 393 g/mol. The average Bonchev–Trinajstić information content (AvgIpc) is 2.87. The van der Waals surface area contributed by atoms with Crippen molar-refractivity contribution in [3.8, 4) is 5.75 Å². The van der Waals surface area contributed by atoms with Gasteiger partial charge in [0.15, 0.2) is 0 Å². The molecule has 0 aromatic heterocycles. The quantitative estimate of drug-likeness (QED) is 0.653. The van der Waals surface area contributed by atoms with Crippen LogP contribution < -0.4 is 10.1 Å². The first kappa shape index (κ1) is 13.1. The van der Waals surface area contributed by atoms with E-state index < -0.39 is 80.9 Å². The van der Waals surface area contributed by atoms with Crippen LogP contribution in [0.25, 0.3) is 0 Å². The van der Waals surface area contributed by atoms with Crippen LogP contribution in [0.5, 0.6) is 5.75 Å². The highest BCUT2D eigenvalue weighted by Crippen LogP contribution is 2.19. The number of carbonyl (C=O) groups is 1. The van der Waals surface area contributed by atoms with Crippen LogP contribution in [0.15, 0.2) is 48.4 Å². The Labute approximate surface area is 199 Å². The summed E-state index contributed by atoms with van der Waals surface area (Å²) in [6, 6.07) is 0.246. The summed E-state index contributed by atoms with van der Waals surface area (Å²) < 4.78 is 102. The second kappa shape index (κ2) is 11.1. The highest BCUT2D eigenvalue weighted by atomic mass is 19.1. The summed E-state index contributed by atoms with van der Waals surface area (Å²) in [7, 11) is 1.26. The molecule has 1 fully saturated rings. The minimum atomic E-state index is -2.47. The van der Waals surface area contributed by atoms with Gasteiger partial charge in [0.1, 0.15) is 11.6 Å². The molecule has 31 heavy (non-hydrogen) atoms. The maximum atomic E-state index is 14.2. The van der Waals surface area contributed by atoms with Crippen LogP contribution in [-0.4, -0.2) is 48.5 Å². The summed E-state index contributed by atoms with van der Waals surface area (Å²) in [6.45, 7) is -3.20. The van der Waals surface area contributed by atoms with Crippen LogP contribution in [0.4, 0.5) is 9.18 Å². The van der Waals surface area contributed by atoms with Gasteiger partial charge in [-0.05, 0) is 74.1 Å². The molecule has 2 amide bonds. The molecule has 1 N–H and O–H groups in total. The molecule has 1 saturated heterocycles. The smallest absolute Gasteiger partial charge is 0.318 e. The Balaban J connectivity index is 1.99. The fraction of sp³-hybridized carbons (Fsp3) is 0.480. The zero-order valence-electron chi connectivity index (χ0n) is 27.9. The van der Waals surface area contributed by atoms with Gasteiger partial charge in [0.2, 0.25) is 0 Å². The molecule has 1 aliphatic heterocycles. The van der Waals surface area contributed by atoms with Crippen molar-refractivity contribution in [2.45, 2.75) is 45.8 Å². The Hall–Kier alpha value is -2.60. The monoisotopic (exact) mass is 437 g/mol. The summed E-state index contributed by atoms with van der Waals surface area (Å²) in [5, 5.41) is 2.24. The molecular formula is C25H34FN3O2. The second-order valence-electron chi connectivity index (χ2n) is 7.64. The van der Waals surface area contributed by atoms with Gasteiger partial charge in [-0.3, -0.25) is 0 Å². The number of benzene rings is 2.